The molecule has 0 radical (unpaired) electrons. The van der Waals surface area contributed by atoms with Gasteiger partial charge in [0, 0.05) is 49.1 Å². The average Bonchev–Trinajstić information content (AvgIpc) is 3.34. The first-order chi connectivity index (χ1) is 14.9. The molecular weight excluding hydrogens is 399 g/mol. The van der Waals surface area contributed by atoms with E-state index in [1.54, 1.807) is 6.07 Å². The van der Waals surface area contributed by atoms with Crippen molar-refractivity contribution in [2.75, 3.05) is 16.8 Å². The maximum atomic E-state index is 14.6. The highest BCUT2D eigenvalue weighted by molar-refractivity contribution is 5.99. The van der Waals surface area contributed by atoms with Crippen LogP contribution in [-0.2, 0) is 20.8 Å². The maximum absolute atomic E-state index is 14.6. The number of nitrogens with zero attached hydrogens (tertiary/aromatic N) is 1. The fourth-order valence-corrected chi connectivity index (χ4v) is 3.91. The molecule has 0 spiro atoms. The van der Waals surface area contributed by atoms with Crippen molar-refractivity contribution in [1.82, 2.24) is 10.3 Å². The first-order valence-corrected chi connectivity index (χ1v) is 10.2. The number of H-pyrrole nitrogens is 1. The summed E-state index contributed by atoms with van der Waals surface area (Å²) in [6.45, 7) is 1.83. The van der Waals surface area contributed by atoms with Gasteiger partial charge in [0.15, 0.2) is 0 Å². The summed E-state index contributed by atoms with van der Waals surface area (Å²) in [6.07, 6.45) is 3.19. The van der Waals surface area contributed by atoms with Gasteiger partial charge in [-0.3, -0.25) is 14.4 Å². The van der Waals surface area contributed by atoms with Crippen molar-refractivity contribution in [3.05, 3.63) is 60.0 Å². The number of aromatic nitrogens is 1. The molecule has 8 heteroatoms. The summed E-state index contributed by atoms with van der Waals surface area (Å²) in [7, 11) is 0. The number of hydrogen-bond acceptors (Lipinski definition) is 3. The van der Waals surface area contributed by atoms with Crippen LogP contribution in [0, 0.1) is 5.82 Å². The first kappa shape index (κ1) is 20.6. The van der Waals surface area contributed by atoms with E-state index in [1.165, 1.54) is 24.0 Å². The molecular formula is C23H23FN4O3. The number of rotatable bonds is 6. The van der Waals surface area contributed by atoms with Gasteiger partial charge in [0.05, 0.1) is 5.69 Å². The van der Waals surface area contributed by atoms with E-state index < -0.39 is 17.8 Å². The number of anilines is 2. The Morgan fingerprint density at radius 3 is 2.74 bits per heavy atom. The molecule has 1 aliphatic rings. The maximum Gasteiger partial charge on any atom is 0.247 e. The van der Waals surface area contributed by atoms with E-state index in [-0.39, 0.29) is 29.6 Å². The molecule has 160 valence electrons. The van der Waals surface area contributed by atoms with Crippen LogP contribution < -0.4 is 15.5 Å². The molecule has 3 aromatic rings. The Morgan fingerprint density at radius 2 is 2.03 bits per heavy atom. The second kappa shape index (κ2) is 8.59. The lowest BCUT2D eigenvalue weighted by atomic mass is 10.0. The number of carbonyl (C=O) groups excluding carboxylic acids is 3. The molecule has 7 nitrogen and oxygen atoms in total. The van der Waals surface area contributed by atoms with Crippen LogP contribution in [0.4, 0.5) is 15.8 Å². The van der Waals surface area contributed by atoms with Crippen molar-refractivity contribution in [3.8, 4) is 0 Å². The summed E-state index contributed by atoms with van der Waals surface area (Å²) < 4.78 is 14.6. The lowest BCUT2D eigenvalue weighted by molar-refractivity contribution is -0.125. The van der Waals surface area contributed by atoms with Gasteiger partial charge in [0.25, 0.3) is 0 Å². The van der Waals surface area contributed by atoms with Gasteiger partial charge in [0.2, 0.25) is 17.7 Å². The van der Waals surface area contributed by atoms with Crippen LogP contribution in [0.2, 0.25) is 0 Å². The molecule has 3 amide bonds. The molecule has 0 bridgehead atoms. The summed E-state index contributed by atoms with van der Waals surface area (Å²) in [5.41, 5.74) is 2.29. The van der Waals surface area contributed by atoms with Crippen LogP contribution in [-0.4, -0.2) is 35.3 Å². The Labute approximate surface area is 178 Å². The minimum atomic E-state index is -0.834. The van der Waals surface area contributed by atoms with Crippen LogP contribution in [0.3, 0.4) is 0 Å². The third kappa shape index (κ3) is 4.42. The quantitative estimate of drug-likeness (QED) is 0.570. The second-order valence-corrected chi connectivity index (χ2v) is 7.62. The van der Waals surface area contributed by atoms with Crippen molar-refractivity contribution in [1.29, 1.82) is 0 Å². The number of para-hydroxylation sites is 1. The Kier molecular flexibility index (Phi) is 5.70. The lowest BCUT2D eigenvalue weighted by Crippen LogP contribution is -2.44. The minimum absolute atomic E-state index is 0.111. The highest BCUT2D eigenvalue weighted by atomic mass is 19.1. The number of nitrogens with one attached hydrogen (secondary N) is 3. The fraction of sp³-hybridized carbons (Fsp3) is 0.261. The largest absolute Gasteiger partial charge is 0.361 e. The lowest BCUT2D eigenvalue weighted by Gasteiger charge is -2.19. The third-order valence-electron chi connectivity index (χ3n) is 5.37. The number of amides is 3. The van der Waals surface area contributed by atoms with Crippen LogP contribution in [0.5, 0.6) is 0 Å². The van der Waals surface area contributed by atoms with E-state index in [1.807, 2.05) is 30.5 Å². The molecule has 4 rings (SSSR count). The summed E-state index contributed by atoms with van der Waals surface area (Å²) in [5, 5.41) is 6.31. The molecule has 3 N–H and O–H groups in total. The molecule has 1 atom stereocenters. The minimum Gasteiger partial charge on any atom is -0.361 e. The van der Waals surface area contributed by atoms with Gasteiger partial charge in [-0.15, -0.1) is 0 Å². The predicted octanol–water partition coefficient (Wildman–Crippen LogP) is 3.12. The zero-order valence-corrected chi connectivity index (χ0v) is 17.1. The van der Waals surface area contributed by atoms with Gasteiger partial charge >= 0.3 is 0 Å². The van der Waals surface area contributed by atoms with E-state index in [0.29, 0.717) is 19.4 Å². The number of hydrogen-bond donors (Lipinski definition) is 3. The highest BCUT2D eigenvalue weighted by Gasteiger charge is 2.25. The van der Waals surface area contributed by atoms with E-state index in [2.05, 4.69) is 15.6 Å². The number of halogens is 1. The number of aromatic amines is 1. The predicted molar refractivity (Wildman–Crippen MR) is 116 cm³/mol. The molecule has 2 aromatic carbocycles. The van der Waals surface area contributed by atoms with Gasteiger partial charge in [-0.1, -0.05) is 18.2 Å². The molecule has 1 aliphatic heterocycles. The van der Waals surface area contributed by atoms with Crippen molar-refractivity contribution in [2.45, 2.75) is 32.2 Å². The number of fused-ring (bicyclic) bond motifs is 1. The van der Waals surface area contributed by atoms with E-state index in [4.69, 9.17) is 0 Å². The van der Waals surface area contributed by atoms with Gasteiger partial charge in [-0.05, 0) is 36.2 Å². The van der Waals surface area contributed by atoms with Crippen LogP contribution in [0.15, 0.2) is 48.7 Å². The Hall–Kier alpha value is -3.68. The normalized spacial score (nSPS) is 14.6. The molecule has 31 heavy (non-hydrogen) atoms. The first-order valence-electron chi connectivity index (χ1n) is 10.2. The van der Waals surface area contributed by atoms with Gasteiger partial charge in [0.1, 0.15) is 11.9 Å². The van der Waals surface area contributed by atoms with Crippen molar-refractivity contribution in [2.24, 2.45) is 0 Å². The molecule has 1 unspecified atom stereocenters. The zero-order chi connectivity index (χ0) is 22.0. The van der Waals surface area contributed by atoms with Gasteiger partial charge < -0.3 is 20.5 Å². The Bertz CT molecular complexity index is 1160. The molecule has 2 heterocycles. The summed E-state index contributed by atoms with van der Waals surface area (Å²) in [6, 6.07) is 11.1. The van der Waals surface area contributed by atoms with Gasteiger partial charge in [-0.2, -0.15) is 0 Å². The molecule has 1 fully saturated rings. The average molecular weight is 422 g/mol. The topological polar surface area (TPSA) is 94.3 Å². The highest BCUT2D eigenvalue weighted by Crippen LogP contribution is 2.27. The zero-order valence-electron chi connectivity index (χ0n) is 17.1. The standard InChI is InChI=1S/C23H23FN4O3/c1-14(29)26-20(11-15-13-25-19-6-3-2-5-17(15)19)23(31)27-16-8-9-21(18(24)12-16)28-10-4-7-22(28)30/h2-3,5-6,8-9,12-13,20,25H,4,7,10-11H2,1H3,(H,26,29)(H,27,31). The van der Waals surface area contributed by atoms with Crippen molar-refractivity contribution >= 4 is 40.0 Å². The van der Waals surface area contributed by atoms with E-state index in [9.17, 15) is 18.8 Å². The molecule has 0 saturated carbocycles. The Morgan fingerprint density at radius 1 is 1.23 bits per heavy atom. The molecule has 0 aliphatic carbocycles. The van der Waals surface area contributed by atoms with E-state index >= 15 is 0 Å². The van der Waals surface area contributed by atoms with Crippen molar-refractivity contribution < 1.29 is 18.8 Å². The number of carbonyl (C=O) groups is 3. The van der Waals surface area contributed by atoms with E-state index in [0.717, 1.165) is 16.5 Å². The molecule has 1 aromatic heterocycles. The van der Waals surface area contributed by atoms with Crippen LogP contribution in [0.1, 0.15) is 25.3 Å². The third-order valence-corrected chi connectivity index (χ3v) is 5.37. The summed E-state index contributed by atoms with van der Waals surface area (Å²) in [4.78, 5) is 41.0. The SMILES string of the molecule is CC(=O)NC(Cc1c[nH]c2ccccc12)C(=O)Nc1ccc(N2CCCC2=O)c(F)c1. The molecule has 1 saturated heterocycles. The van der Waals surface area contributed by atoms with Crippen molar-refractivity contribution in [3.63, 3.8) is 0 Å². The smallest absolute Gasteiger partial charge is 0.247 e. The van der Waals surface area contributed by atoms with Gasteiger partial charge in [-0.25, -0.2) is 4.39 Å². The monoisotopic (exact) mass is 422 g/mol. The fourth-order valence-electron chi connectivity index (χ4n) is 3.91. The second-order valence-electron chi connectivity index (χ2n) is 7.62. The number of benzene rings is 2. The summed E-state index contributed by atoms with van der Waals surface area (Å²) >= 11 is 0. The van der Waals surface area contributed by atoms with Crippen LogP contribution >= 0.6 is 0 Å². The van der Waals surface area contributed by atoms with Crippen LogP contribution in [0.25, 0.3) is 10.9 Å². The summed E-state index contributed by atoms with van der Waals surface area (Å²) in [5.74, 6) is -1.49. The Balaban J connectivity index is 1.51.